The van der Waals surface area contributed by atoms with E-state index in [4.69, 9.17) is 9.26 Å². The lowest BCUT2D eigenvalue weighted by atomic mass is 9.89. The zero-order chi connectivity index (χ0) is 14.5. The number of nitrogens with zero attached hydrogens (tertiary/aromatic N) is 2. The molecule has 0 saturated heterocycles. The van der Waals surface area contributed by atoms with Crippen LogP contribution in [0.1, 0.15) is 60.1 Å². The second kappa shape index (κ2) is 6.52. The van der Waals surface area contributed by atoms with Crippen molar-refractivity contribution in [1.82, 2.24) is 10.1 Å². The van der Waals surface area contributed by atoms with Gasteiger partial charge in [0.05, 0.1) is 0 Å². The molecule has 0 aliphatic heterocycles. The molecule has 5 nitrogen and oxygen atoms in total. The Morgan fingerprint density at radius 2 is 2.14 bits per heavy atom. The molecule has 1 aromatic carbocycles. The molecule has 0 unspecified atom stereocenters. The summed E-state index contributed by atoms with van der Waals surface area (Å²) >= 11 is 0. The summed E-state index contributed by atoms with van der Waals surface area (Å²) in [5.41, 5.74) is 0.584. The Morgan fingerprint density at radius 3 is 2.95 bits per heavy atom. The van der Waals surface area contributed by atoms with Gasteiger partial charge in [0, 0.05) is 11.5 Å². The van der Waals surface area contributed by atoms with Gasteiger partial charge in [-0.15, -0.1) is 0 Å². The highest BCUT2D eigenvalue weighted by Gasteiger charge is 2.20. The number of hydrogen-bond acceptors (Lipinski definition) is 5. The van der Waals surface area contributed by atoms with Crippen molar-refractivity contribution in [1.29, 1.82) is 0 Å². The van der Waals surface area contributed by atoms with Crippen LogP contribution >= 0.6 is 0 Å². The van der Waals surface area contributed by atoms with Crippen molar-refractivity contribution in [2.45, 2.75) is 44.6 Å². The number of aldehydes is 1. The third-order valence-corrected chi connectivity index (χ3v) is 3.81. The van der Waals surface area contributed by atoms with Gasteiger partial charge < -0.3 is 9.26 Å². The maximum absolute atomic E-state index is 10.7. The Morgan fingerprint density at radius 1 is 1.29 bits per heavy atom. The zero-order valence-electron chi connectivity index (χ0n) is 11.8. The minimum absolute atomic E-state index is 0.224. The van der Waals surface area contributed by atoms with Crippen LogP contribution in [0.25, 0.3) is 0 Å². The molecular formula is C16H18N2O3. The molecule has 1 saturated carbocycles. The molecule has 1 fully saturated rings. The fourth-order valence-electron chi connectivity index (χ4n) is 2.68. The molecule has 1 aliphatic rings. The number of hydrogen-bond donors (Lipinski definition) is 0. The standard InChI is InChI=1S/C16H18N2O3/c19-10-12-5-4-8-14(9-12)20-11-15-17-16(18-21-15)13-6-2-1-3-7-13/h4-5,8-10,13H,1-3,6-7,11H2. The monoisotopic (exact) mass is 286 g/mol. The molecule has 1 heterocycles. The maximum atomic E-state index is 10.7. The average molecular weight is 286 g/mol. The molecule has 0 atom stereocenters. The van der Waals surface area contributed by atoms with Crippen molar-refractivity contribution < 1.29 is 14.1 Å². The minimum Gasteiger partial charge on any atom is -0.484 e. The van der Waals surface area contributed by atoms with Crippen LogP contribution in [0.2, 0.25) is 0 Å². The summed E-state index contributed by atoms with van der Waals surface area (Å²) < 4.78 is 10.8. The van der Waals surface area contributed by atoms with Crippen molar-refractivity contribution in [3.63, 3.8) is 0 Å². The molecule has 110 valence electrons. The lowest BCUT2D eigenvalue weighted by molar-refractivity contribution is 0.112. The summed E-state index contributed by atoms with van der Waals surface area (Å²) in [7, 11) is 0. The van der Waals surface area contributed by atoms with E-state index >= 15 is 0 Å². The lowest BCUT2D eigenvalue weighted by Gasteiger charge is -2.17. The first-order valence-electron chi connectivity index (χ1n) is 7.35. The number of carbonyl (C=O) groups is 1. The van der Waals surface area contributed by atoms with E-state index in [9.17, 15) is 4.79 Å². The molecule has 0 bridgehead atoms. The van der Waals surface area contributed by atoms with Gasteiger partial charge in [0.1, 0.15) is 12.0 Å². The second-order valence-electron chi connectivity index (χ2n) is 5.36. The van der Waals surface area contributed by atoms with Crippen LogP contribution in [-0.2, 0) is 6.61 Å². The first-order chi connectivity index (χ1) is 10.3. The molecule has 21 heavy (non-hydrogen) atoms. The van der Waals surface area contributed by atoms with E-state index in [2.05, 4.69) is 10.1 Å². The van der Waals surface area contributed by atoms with Crippen LogP contribution in [0.5, 0.6) is 5.75 Å². The minimum atomic E-state index is 0.224. The van der Waals surface area contributed by atoms with Gasteiger partial charge in [0.15, 0.2) is 12.4 Å². The molecule has 5 heteroatoms. The van der Waals surface area contributed by atoms with E-state index in [-0.39, 0.29) is 6.61 Å². The summed E-state index contributed by atoms with van der Waals surface area (Å²) in [6, 6.07) is 6.99. The third-order valence-electron chi connectivity index (χ3n) is 3.81. The highest BCUT2D eigenvalue weighted by atomic mass is 16.5. The number of benzene rings is 1. The molecule has 0 radical (unpaired) electrons. The van der Waals surface area contributed by atoms with Crippen LogP contribution in [0, 0.1) is 0 Å². The molecule has 2 aromatic rings. The van der Waals surface area contributed by atoms with Crippen LogP contribution in [-0.4, -0.2) is 16.4 Å². The summed E-state index contributed by atoms with van der Waals surface area (Å²) in [5.74, 6) is 2.33. The number of rotatable bonds is 5. The van der Waals surface area contributed by atoms with Crippen LogP contribution in [0.4, 0.5) is 0 Å². The number of ether oxygens (including phenoxy) is 1. The first kappa shape index (κ1) is 13.8. The topological polar surface area (TPSA) is 65.2 Å². The van der Waals surface area contributed by atoms with Crippen molar-refractivity contribution in [3.05, 3.63) is 41.5 Å². The van der Waals surface area contributed by atoms with E-state index in [1.807, 2.05) is 0 Å². The fraction of sp³-hybridized carbons (Fsp3) is 0.438. The van der Waals surface area contributed by atoms with Gasteiger partial charge in [-0.05, 0) is 25.0 Å². The number of aromatic nitrogens is 2. The van der Waals surface area contributed by atoms with Gasteiger partial charge in [-0.3, -0.25) is 4.79 Å². The summed E-state index contributed by atoms with van der Waals surface area (Å²) in [4.78, 5) is 15.1. The number of carbonyl (C=O) groups excluding carboxylic acids is 1. The Hall–Kier alpha value is -2.17. The molecule has 3 rings (SSSR count). The van der Waals surface area contributed by atoms with Crippen molar-refractivity contribution in [2.75, 3.05) is 0 Å². The smallest absolute Gasteiger partial charge is 0.264 e. The van der Waals surface area contributed by atoms with E-state index in [0.29, 0.717) is 23.1 Å². The Kier molecular flexibility index (Phi) is 4.28. The fourth-order valence-corrected chi connectivity index (χ4v) is 2.68. The van der Waals surface area contributed by atoms with Crippen LogP contribution in [0.15, 0.2) is 28.8 Å². The summed E-state index contributed by atoms with van der Waals surface area (Å²) in [6.45, 7) is 0.224. The Balaban J connectivity index is 1.60. The molecule has 0 N–H and O–H groups in total. The molecule has 0 amide bonds. The van der Waals surface area contributed by atoms with Gasteiger partial charge in [-0.2, -0.15) is 4.98 Å². The second-order valence-corrected chi connectivity index (χ2v) is 5.36. The van der Waals surface area contributed by atoms with E-state index < -0.39 is 0 Å². The molecule has 1 aromatic heterocycles. The predicted molar refractivity (Wildman–Crippen MR) is 76.3 cm³/mol. The highest BCUT2D eigenvalue weighted by Crippen LogP contribution is 2.30. The van der Waals surface area contributed by atoms with Gasteiger partial charge >= 0.3 is 0 Å². The highest BCUT2D eigenvalue weighted by molar-refractivity contribution is 5.75. The van der Waals surface area contributed by atoms with Crippen molar-refractivity contribution in [2.24, 2.45) is 0 Å². The van der Waals surface area contributed by atoms with Crippen LogP contribution < -0.4 is 4.74 Å². The lowest BCUT2D eigenvalue weighted by Crippen LogP contribution is -2.06. The summed E-state index contributed by atoms with van der Waals surface area (Å²) in [5, 5.41) is 4.06. The third kappa shape index (κ3) is 3.48. The molecular weight excluding hydrogens is 268 g/mol. The summed E-state index contributed by atoms with van der Waals surface area (Å²) in [6.07, 6.45) is 6.85. The van der Waals surface area contributed by atoms with Gasteiger partial charge in [0.25, 0.3) is 5.89 Å². The van der Waals surface area contributed by atoms with E-state index in [0.717, 1.165) is 25.0 Å². The average Bonchev–Trinajstić information content (AvgIpc) is 3.03. The Bertz CT molecular complexity index is 603. The predicted octanol–water partition coefficient (Wildman–Crippen LogP) is 3.51. The first-order valence-corrected chi connectivity index (χ1v) is 7.35. The largest absolute Gasteiger partial charge is 0.484 e. The Labute approximate surface area is 123 Å². The zero-order valence-corrected chi connectivity index (χ0v) is 11.8. The van der Waals surface area contributed by atoms with Crippen molar-refractivity contribution in [3.8, 4) is 5.75 Å². The molecule has 0 spiro atoms. The van der Waals surface area contributed by atoms with Gasteiger partial charge in [-0.25, -0.2) is 0 Å². The van der Waals surface area contributed by atoms with Gasteiger partial charge in [0.2, 0.25) is 0 Å². The SMILES string of the molecule is O=Cc1cccc(OCc2nc(C3CCCCC3)no2)c1. The van der Waals surface area contributed by atoms with E-state index in [1.165, 1.54) is 19.3 Å². The van der Waals surface area contributed by atoms with Gasteiger partial charge in [-0.1, -0.05) is 36.6 Å². The quantitative estimate of drug-likeness (QED) is 0.787. The normalized spacial score (nSPS) is 15.8. The molecule has 1 aliphatic carbocycles. The maximum Gasteiger partial charge on any atom is 0.264 e. The van der Waals surface area contributed by atoms with Crippen LogP contribution in [0.3, 0.4) is 0 Å². The van der Waals surface area contributed by atoms with E-state index in [1.54, 1.807) is 24.3 Å². The van der Waals surface area contributed by atoms with Crippen molar-refractivity contribution >= 4 is 6.29 Å².